The summed E-state index contributed by atoms with van der Waals surface area (Å²) in [7, 11) is 4.83. The van der Waals surface area contributed by atoms with Crippen molar-refractivity contribution in [3.63, 3.8) is 0 Å². The number of benzene rings is 2. The van der Waals surface area contributed by atoms with E-state index in [1.807, 2.05) is 42.5 Å². The predicted octanol–water partition coefficient (Wildman–Crippen LogP) is 4.81. The zero-order valence-electron chi connectivity index (χ0n) is 17.1. The average Bonchev–Trinajstić information content (AvgIpc) is 3.49. The number of hydrogen-bond acceptors (Lipinski definition) is 8. The second kappa shape index (κ2) is 7.84. The first-order valence-electron chi connectivity index (χ1n) is 9.45. The highest BCUT2D eigenvalue weighted by atomic mass is 32.1. The van der Waals surface area contributed by atoms with E-state index in [4.69, 9.17) is 23.4 Å². The lowest BCUT2D eigenvalue weighted by atomic mass is 10.2. The molecule has 0 radical (unpaired) electrons. The molecule has 9 heteroatoms. The number of imidazole rings is 1. The fraction of sp³-hybridized carbons (Fsp3) is 0.182. The number of aromatic nitrogens is 3. The summed E-state index contributed by atoms with van der Waals surface area (Å²) in [6.45, 7) is 0.344. The van der Waals surface area contributed by atoms with E-state index >= 15 is 0 Å². The molecule has 0 unspecified atom stereocenters. The normalized spacial score (nSPS) is 11.2. The Morgan fingerprint density at radius 1 is 1.00 bits per heavy atom. The van der Waals surface area contributed by atoms with Crippen LogP contribution >= 0.6 is 11.3 Å². The fourth-order valence-electron chi connectivity index (χ4n) is 3.31. The number of ether oxygens (including phenoxy) is 4. The van der Waals surface area contributed by atoms with Crippen LogP contribution in [0.25, 0.3) is 27.4 Å². The molecule has 0 bridgehead atoms. The van der Waals surface area contributed by atoms with Crippen LogP contribution in [0.2, 0.25) is 0 Å². The smallest absolute Gasteiger partial charge is 0.294 e. The second-order valence-corrected chi connectivity index (χ2v) is 7.59. The van der Waals surface area contributed by atoms with E-state index in [-0.39, 0.29) is 0 Å². The summed E-state index contributed by atoms with van der Waals surface area (Å²) in [6, 6.07) is 13.3. The molecule has 0 atom stereocenters. The number of rotatable bonds is 7. The van der Waals surface area contributed by atoms with Crippen LogP contribution in [0.3, 0.4) is 0 Å². The third kappa shape index (κ3) is 3.53. The first-order chi connectivity index (χ1) is 15.2. The highest BCUT2D eigenvalue weighted by molar-refractivity contribution is 7.18. The minimum absolute atomic E-state index is 0.344. The third-order valence-corrected chi connectivity index (χ3v) is 5.72. The van der Waals surface area contributed by atoms with Crippen LogP contribution in [-0.4, -0.2) is 35.9 Å². The Labute approximate surface area is 181 Å². The summed E-state index contributed by atoms with van der Waals surface area (Å²) in [5.41, 5.74) is 2.26. The lowest BCUT2D eigenvalue weighted by molar-refractivity contribution is 0.298. The van der Waals surface area contributed by atoms with Crippen molar-refractivity contribution in [3.05, 3.63) is 54.2 Å². The number of methoxy groups -OCH3 is 3. The van der Waals surface area contributed by atoms with Gasteiger partial charge in [0.05, 0.1) is 32.9 Å². The lowest BCUT2D eigenvalue weighted by Gasteiger charge is -2.11. The molecule has 5 aromatic rings. The van der Waals surface area contributed by atoms with Gasteiger partial charge in [-0.15, -0.1) is 5.10 Å². The van der Waals surface area contributed by atoms with E-state index in [2.05, 4.69) is 10.1 Å². The number of fused-ring (bicyclic) bond motifs is 2. The third-order valence-electron chi connectivity index (χ3n) is 4.84. The van der Waals surface area contributed by atoms with Crippen molar-refractivity contribution in [3.8, 4) is 33.9 Å². The van der Waals surface area contributed by atoms with Crippen molar-refractivity contribution in [1.82, 2.24) is 14.6 Å². The fourth-order valence-corrected chi connectivity index (χ4v) is 4.01. The summed E-state index contributed by atoms with van der Waals surface area (Å²) in [4.78, 5) is 5.31. The Balaban J connectivity index is 1.51. The van der Waals surface area contributed by atoms with Crippen LogP contribution in [0, 0.1) is 0 Å². The van der Waals surface area contributed by atoms with E-state index < -0.39 is 0 Å². The summed E-state index contributed by atoms with van der Waals surface area (Å²) >= 11 is 1.36. The molecular weight excluding hydrogens is 418 g/mol. The predicted molar refractivity (Wildman–Crippen MR) is 117 cm³/mol. The van der Waals surface area contributed by atoms with Crippen LogP contribution in [0.4, 0.5) is 0 Å². The Hall–Kier alpha value is -3.72. The highest BCUT2D eigenvalue weighted by Gasteiger charge is 2.17. The lowest BCUT2D eigenvalue weighted by Crippen LogP contribution is -1.99. The molecule has 8 nitrogen and oxygen atoms in total. The standard InChI is InChI=1S/C22H19N3O5S/c1-26-14-8-18(29-12-13-6-4-5-7-17(13)27-2)15-10-20(30-19(15)9-14)16-11-25-21(23-16)31-22(24-25)28-3/h4-11H,12H2,1-3H3. The molecule has 5 rings (SSSR count). The van der Waals surface area contributed by atoms with E-state index in [1.54, 1.807) is 32.0 Å². The van der Waals surface area contributed by atoms with Crippen molar-refractivity contribution < 1.29 is 23.4 Å². The van der Waals surface area contributed by atoms with E-state index in [1.165, 1.54) is 11.3 Å². The van der Waals surface area contributed by atoms with Gasteiger partial charge >= 0.3 is 0 Å². The minimum Gasteiger partial charge on any atom is -0.496 e. The Bertz CT molecular complexity index is 1340. The average molecular weight is 437 g/mol. The van der Waals surface area contributed by atoms with Gasteiger partial charge in [-0.3, -0.25) is 0 Å². The van der Waals surface area contributed by atoms with Gasteiger partial charge in [0, 0.05) is 17.7 Å². The minimum atomic E-state index is 0.344. The molecule has 31 heavy (non-hydrogen) atoms. The number of nitrogens with zero attached hydrogens (tertiary/aromatic N) is 3. The maximum Gasteiger partial charge on any atom is 0.294 e. The van der Waals surface area contributed by atoms with Gasteiger partial charge in [-0.2, -0.15) is 0 Å². The summed E-state index contributed by atoms with van der Waals surface area (Å²) in [5, 5.41) is 5.69. The number of hydrogen-bond donors (Lipinski definition) is 0. The number of furan rings is 1. The second-order valence-electron chi connectivity index (χ2n) is 6.67. The van der Waals surface area contributed by atoms with Gasteiger partial charge < -0.3 is 23.4 Å². The van der Waals surface area contributed by atoms with Crippen LogP contribution in [-0.2, 0) is 6.61 Å². The quantitative estimate of drug-likeness (QED) is 0.361. The van der Waals surface area contributed by atoms with Gasteiger partial charge in [0.25, 0.3) is 5.19 Å². The number of para-hydroxylation sites is 1. The van der Waals surface area contributed by atoms with E-state index in [9.17, 15) is 0 Å². The Morgan fingerprint density at radius 3 is 2.65 bits per heavy atom. The van der Waals surface area contributed by atoms with Crippen molar-refractivity contribution in [1.29, 1.82) is 0 Å². The van der Waals surface area contributed by atoms with Crippen molar-refractivity contribution in [2.75, 3.05) is 21.3 Å². The molecular formula is C22H19N3O5S. The summed E-state index contributed by atoms with van der Waals surface area (Å²) in [6.07, 6.45) is 1.80. The molecule has 0 saturated carbocycles. The Kier molecular flexibility index (Phi) is 4.87. The van der Waals surface area contributed by atoms with Gasteiger partial charge in [0.1, 0.15) is 35.1 Å². The van der Waals surface area contributed by atoms with Crippen LogP contribution < -0.4 is 18.9 Å². The zero-order chi connectivity index (χ0) is 21.4. The molecule has 3 aromatic heterocycles. The molecule has 0 spiro atoms. The van der Waals surface area contributed by atoms with Crippen LogP contribution in [0.5, 0.6) is 22.4 Å². The monoisotopic (exact) mass is 437 g/mol. The van der Waals surface area contributed by atoms with Crippen molar-refractivity contribution in [2.45, 2.75) is 6.61 Å². The first-order valence-corrected chi connectivity index (χ1v) is 10.3. The highest BCUT2D eigenvalue weighted by Crippen LogP contribution is 2.38. The topological polar surface area (TPSA) is 80.2 Å². The molecule has 0 aliphatic carbocycles. The molecule has 0 N–H and O–H groups in total. The SMILES string of the molecule is COc1cc(OCc2ccccc2OC)c2cc(-c3cn4nc(OC)sc4n3)oc2c1. The Morgan fingerprint density at radius 2 is 1.87 bits per heavy atom. The molecule has 0 aliphatic rings. The van der Waals surface area contributed by atoms with Gasteiger partial charge in [0.15, 0.2) is 5.76 Å². The molecule has 0 amide bonds. The maximum absolute atomic E-state index is 6.14. The van der Waals surface area contributed by atoms with Gasteiger partial charge in [0.2, 0.25) is 4.96 Å². The van der Waals surface area contributed by atoms with Gasteiger partial charge in [-0.05, 0) is 23.5 Å². The molecule has 2 aromatic carbocycles. The van der Waals surface area contributed by atoms with Crippen LogP contribution in [0.1, 0.15) is 5.56 Å². The molecule has 0 saturated heterocycles. The van der Waals surface area contributed by atoms with Gasteiger partial charge in [-0.1, -0.05) is 18.2 Å². The van der Waals surface area contributed by atoms with Crippen molar-refractivity contribution in [2.24, 2.45) is 0 Å². The molecule has 3 heterocycles. The summed E-state index contributed by atoms with van der Waals surface area (Å²) in [5.74, 6) is 2.68. The molecule has 0 aliphatic heterocycles. The molecule has 0 fully saturated rings. The molecule has 158 valence electrons. The van der Waals surface area contributed by atoms with Gasteiger partial charge in [-0.25, -0.2) is 9.50 Å². The van der Waals surface area contributed by atoms with E-state index in [0.29, 0.717) is 40.3 Å². The van der Waals surface area contributed by atoms with Crippen LogP contribution in [0.15, 0.2) is 53.1 Å². The maximum atomic E-state index is 6.14. The largest absolute Gasteiger partial charge is 0.496 e. The first kappa shape index (κ1) is 19.3. The summed E-state index contributed by atoms with van der Waals surface area (Å²) < 4.78 is 29.9. The van der Waals surface area contributed by atoms with Crippen molar-refractivity contribution >= 4 is 27.3 Å². The zero-order valence-corrected chi connectivity index (χ0v) is 17.9. The van der Waals surface area contributed by atoms with E-state index in [0.717, 1.165) is 21.7 Å².